The Morgan fingerprint density at radius 2 is 2.00 bits per heavy atom. The standard InChI is InChI=1S/C13H11N5O2/c14-11-8-10(12(19)20)16-18(11)13-15-6-7-17(13)9-4-2-1-3-5-9/h1-8H,14H2,(H,19,20). The number of carboxylic acids is 1. The summed E-state index contributed by atoms with van der Waals surface area (Å²) < 4.78 is 3.07. The molecular weight excluding hydrogens is 258 g/mol. The quantitative estimate of drug-likeness (QED) is 0.747. The van der Waals surface area contributed by atoms with Gasteiger partial charge >= 0.3 is 5.97 Å². The normalized spacial score (nSPS) is 10.6. The summed E-state index contributed by atoms with van der Waals surface area (Å²) in [4.78, 5) is 15.1. The van der Waals surface area contributed by atoms with Gasteiger partial charge in [-0.3, -0.25) is 4.57 Å². The van der Waals surface area contributed by atoms with Crippen molar-refractivity contribution in [3.63, 3.8) is 0 Å². The van der Waals surface area contributed by atoms with Gasteiger partial charge in [-0.2, -0.15) is 9.78 Å². The second kappa shape index (κ2) is 4.54. The Morgan fingerprint density at radius 1 is 1.25 bits per heavy atom. The van der Waals surface area contributed by atoms with Gasteiger partial charge in [0.15, 0.2) is 5.69 Å². The van der Waals surface area contributed by atoms with Crippen LogP contribution in [-0.2, 0) is 0 Å². The summed E-state index contributed by atoms with van der Waals surface area (Å²) >= 11 is 0. The minimum Gasteiger partial charge on any atom is -0.476 e. The average molecular weight is 269 g/mol. The van der Waals surface area contributed by atoms with Crippen LogP contribution in [0, 0.1) is 0 Å². The molecule has 7 heteroatoms. The first-order valence-electron chi connectivity index (χ1n) is 5.85. The lowest BCUT2D eigenvalue weighted by Gasteiger charge is -2.08. The zero-order valence-electron chi connectivity index (χ0n) is 10.3. The van der Waals surface area contributed by atoms with Crippen LogP contribution in [0.3, 0.4) is 0 Å². The third kappa shape index (κ3) is 1.91. The third-order valence-electron chi connectivity index (χ3n) is 2.80. The molecule has 0 aliphatic carbocycles. The van der Waals surface area contributed by atoms with E-state index in [1.807, 2.05) is 30.3 Å². The van der Waals surface area contributed by atoms with E-state index in [1.54, 1.807) is 17.0 Å². The molecule has 0 spiro atoms. The maximum absolute atomic E-state index is 10.9. The van der Waals surface area contributed by atoms with Crippen LogP contribution in [-0.4, -0.2) is 30.4 Å². The van der Waals surface area contributed by atoms with Gasteiger partial charge in [-0.05, 0) is 12.1 Å². The molecule has 1 aromatic carbocycles. The third-order valence-corrected chi connectivity index (χ3v) is 2.80. The number of hydrogen-bond acceptors (Lipinski definition) is 4. The minimum atomic E-state index is -1.13. The zero-order valence-corrected chi connectivity index (χ0v) is 10.3. The van der Waals surface area contributed by atoms with Crippen molar-refractivity contribution >= 4 is 11.8 Å². The molecule has 3 aromatic rings. The SMILES string of the molecule is Nc1cc(C(=O)O)nn1-c1nccn1-c1ccccc1. The highest BCUT2D eigenvalue weighted by Crippen LogP contribution is 2.17. The van der Waals surface area contributed by atoms with E-state index >= 15 is 0 Å². The van der Waals surface area contributed by atoms with E-state index in [1.165, 1.54) is 10.7 Å². The Bertz CT molecular complexity index is 760. The van der Waals surface area contributed by atoms with Crippen molar-refractivity contribution < 1.29 is 9.90 Å². The fourth-order valence-electron chi connectivity index (χ4n) is 1.90. The molecule has 100 valence electrons. The van der Waals surface area contributed by atoms with Crippen LogP contribution in [0.25, 0.3) is 11.6 Å². The highest BCUT2D eigenvalue weighted by Gasteiger charge is 2.16. The van der Waals surface area contributed by atoms with Gasteiger partial charge in [0, 0.05) is 24.1 Å². The summed E-state index contributed by atoms with van der Waals surface area (Å²) in [6, 6.07) is 10.8. The average Bonchev–Trinajstić information content (AvgIpc) is 3.05. The van der Waals surface area contributed by atoms with Crippen molar-refractivity contribution in [3.05, 3.63) is 54.5 Å². The van der Waals surface area contributed by atoms with Crippen LogP contribution in [0.5, 0.6) is 0 Å². The van der Waals surface area contributed by atoms with E-state index in [0.717, 1.165) is 5.69 Å². The number of nitrogens with zero attached hydrogens (tertiary/aromatic N) is 4. The van der Waals surface area contributed by atoms with Crippen LogP contribution in [0.4, 0.5) is 5.82 Å². The van der Waals surface area contributed by atoms with E-state index in [-0.39, 0.29) is 11.5 Å². The van der Waals surface area contributed by atoms with Gasteiger partial charge in [-0.15, -0.1) is 0 Å². The monoisotopic (exact) mass is 269 g/mol. The molecular formula is C13H11N5O2. The lowest BCUT2D eigenvalue weighted by molar-refractivity contribution is 0.0690. The first kappa shape index (κ1) is 12.0. The fraction of sp³-hybridized carbons (Fsp3) is 0. The molecule has 0 amide bonds. The second-order valence-electron chi connectivity index (χ2n) is 4.10. The first-order chi connectivity index (χ1) is 9.66. The van der Waals surface area contributed by atoms with E-state index in [0.29, 0.717) is 5.95 Å². The summed E-state index contributed by atoms with van der Waals surface area (Å²) in [6.45, 7) is 0. The minimum absolute atomic E-state index is 0.120. The Balaban J connectivity index is 2.13. The number of aromatic carboxylic acids is 1. The summed E-state index contributed by atoms with van der Waals surface area (Å²) in [5, 5.41) is 12.9. The van der Waals surface area contributed by atoms with Crippen LogP contribution < -0.4 is 5.73 Å². The summed E-state index contributed by atoms with van der Waals surface area (Å²) in [6.07, 6.45) is 3.36. The van der Waals surface area contributed by atoms with Crippen molar-refractivity contribution in [2.75, 3.05) is 5.73 Å². The number of para-hydroxylation sites is 1. The molecule has 0 aliphatic heterocycles. The van der Waals surface area contributed by atoms with Crippen molar-refractivity contribution in [2.45, 2.75) is 0 Å². The highest BCUT2D eigenvalue weighted by atomic mass is 16.4. The van der Waals surface area contributed by atoms with Crippen LogP contribution in [0.1, 0.15) is 10.5 Å². The number of anilines is 1. The summed E-state index contributed by atoms with van der Waals surface area (Å²) in [7, 11) is 0. The van der Waals surface area contributed by atoms with Crippen LogP contribution in [0.15, 0.2) is 48.8 Å². The van der Waals surface area contributed by atoms with Gasteiger partial charge in [0.25, 0.3) is 0 Å². The number of imidazole rings is 1. The van der Waals surface area contributed by atoms with Gasteiger partial charge in [0.2, 0.25) is 5.95 Å². The van der Waals surface area contributed by atoms with E-state index < -0.39 is 5.97 Å². The van der Waals surface area contributed by atoms with E-state index in [4.69, 9.17) is 10.8 Å². The predicted octanol–water partition coefficient (Wildman–Crippen LogP) is 1.34. The number of rotatable bonds is 3. The fourth-order valence-corrected chi connectivity index (χ4v) is 1.90. The van der Waals surface area contributed by atoms with Gasteiger partial charge in [-0.1, -0.05) is 18.2 Å². The topological polar surface area (TPSA) is 99.0 Å². The molecule has 0 saturated carbocycles. The largest absolute Gasteiger partial charge is 0.476 e. The second-order valence-corrected chi connectivity index (χ2v) is 4.10. The number of hydrogen-bond donors (Lipinski definition) is 2. The lowest BCUT2D eigenvalue weighted by Crippen LogP contribution is -2.09. The first-order valence-corrected chi connectivity index (χ1v) is 5.85. The zero-order chi connectivity index (χ0) is 14.1. The molecule has 0 unspecified atom stereocenters. The van der Waals surface area contributed by atoms with Crippen LogP contribution >= 0.6 is 0 Å². The molecule has 20 heavy (non-hydrogen) atoms. The van der Waals surface area contributed by atoms with Gasteiger partial charge in [0.1, 0.15) is 5.82 Å². The Labute approximate surface area is 113 Å². The van der Waals surface area contributed by atoms with E-state index in [2.05, 4.69) is 10.1 Å². The Hall–Kier alpha value is -3.09. The molecule has 0 aliphatic rings. The molecule has 0 saturated heterocycles. The number of carbonyl (C=O) groups is 1. The number of nitrogens with two attached hydrogens (primary N) is 1. The Morgan fingerprint density at radius 3 is 2.65 bits per heavy atom. The number of aromatic nitrogens is 4. The summed E-state index contributed by atoms with van der Waals surface area (Å²) in [5.41, 5.74) is 6.56. The molecule has 3 rings (SSSR count). The molecule has 0 bridgehead atoms. The maximum Gasteiger partial charge on any atom is 0.356 e. The molecule has 0 fully saturated rings. The molecule has 0 atom stereocenters. The molecule has 0 radical (unpaired) electrons. The number of benzene rings is 1. The molecule has 2 aromatic heterocycles. The Kier molecular flexibility index (Phi) is 2.72. The summed E-state index contributed by atoms with van der Waals surface area (Å²) in [5.74, 6) is -0.486. The van der Waals surface area contributed by atoms with Gasteiger partial charge in [0.05, 0.1) is 0 Å². The highest BCUT2D eigenvalue weighted by molar-refractivity contribution is 5.86. The molecule has 2 heterocycles. The lowest BCUT2D eigenvalue weighted by atomic mass is 10.3. The maximum atomic E-state index is 10.9. The van der Waals surface area contributed by atoms with Crippen LogP contribution in [0.2, 0.25) is 0 Å². The van der Waals surface area contributed by atoms with E-state index in [9.17, 15) is 4.79 Å². The number of carboxylic acid groups (broad SMARTS) is 1. The van der Waals surface area contributed by atoms with Crippen molar-refractivity contribution in [1.29, 1.82) is 0 Å². The van der Waals surface area contributed by atoms with Gasteiger partial charge < -0.3 is 10.8 Å². The van der Waals surface area contributed by atoms with Crippen molar-refractivity contribution in [2.24, 2.45) is 0 Å². The van der Waals surface area contributed by atoms with Crippen molar-refractivity contribution in [1.82, 2.24) is 19.3 Å². The molecule has 3 N–H and O–H groups in total. The smallest absolute Gasteiger partial charge is 0.356 e. The molecule has 7 nitrogen and oxygen atoms in total. The van der Waals surface area contributed by atoms with Gasteiger partial charge in [-0.25, -0.2) is 9.78 Å². The number of nitrogen functional groups attached to an aromatic ring is 1. The predicted molar refractivity (Wildman–Crippen MR) is 72.1 cm³/mol. The van der Waals surface area contributed by atoms with Crippen molar-refractivity contribution in [3.8, 4) is 11.6 Å².